The monoisotopic (exact) mass is 507 g/mol. The number of benzene rings is 2. The van der Waals surface area contributed by atoms with Crippen LogP contribution < -0.4 is 14.2 Å². The van der Waals surface area contributed by atoms with Gasteiger partial charge < -0.3 is 23.5 Å². The summed E-state index contributed by atoms with van der Waals surface area (Å²) in [5.74, 6) is 3.51. The third kappa shape index (κ3) is 7.27. The largest absolute Gasteiger partial charge is 0.493 e. The molecule has 0 saturated carbocycles. The Hall–Kier alpha value is -3.03. The molecule has 2 aromatic carbocycles. The number of nitrogens with zero attached hydrogens (tertiary/aromatic N) is 3. The van der Waals surface area contributed by atoms with E-state index >= 15 is 0 Å². The van der Waals surface area contributed by atoms with Crippen LogP contribution in [0.15, 0.2) is 54.9 Å². The Kier molecular flexibility index (Phi) is 9.47. The fourth-order valence-corrected chi connectivity index (χ4v) is 4.94. The SMILES string of the molecule is CCc1nccn1CCOc1cc(CN2CCC[C@@](COc3ccc(C)cc3)(OC)CC2)ccc1OC. The topological polar surface area (TPSA) is 58.0 Å². The second kappa shape index (κ2) is 13.0. The van der Waals surface area contributed by atoms with E-state index in [2.05, 4.69) is 52.6 Å². The minimum Gasteiger partial charge on any atom is -0.493 e. The van der Waals surface area contributed by atoms with Crippen LogP contribution in [-0.2, 0) is 24.2 Å². The second-order valence-corrected chi connectivity index (χ2v) is 9.84. The van der Waals surface area contributed by atoms with Crippen molar-refractivity contribution in [1.29, 1.82) is 0 Å². The zero-order chi connectivity index (χ0) is 26.1. The van der Waals surface area contributed by atoms with E-state index in [4.69, 9.17) is 18.9 Å². The second-order valence-electron chi connectivity index (χ2n) is 9.84. The number of likely N-dealkylation sites (tertiary alicyclic amines) is 1. The van der Waals surface area contributed by atoms with E-state index < -0.39 is 0 Å². The standard InChI is InChI=1S/C30H41N3O4/c1-5-29-31-15-18-33(29)19-20-36-28-21-25(9-12-27(28)34-3)22-32-16-6-13-30(35-4,14-17-32)23-37-26-10-7-24(2)8-11-26/h7-12,15,18,21H,5-6,13-14,16-17,19-20,22-23H2,1-4H3/t30-/m1/s1. The Morgan fingerprint density at radius 3 is 2.57 bits per heavy atom. The predicted octanol–water partition coefficient (Wildman–Crippen LogP) is 5.29. The van der Waals surface area contributed by atoms with Gasteiger partial charge in [-0.2, -0.15) is 0 Å². The average Bonchev–Trinajstić information content (AvgIpc) is 3.28. The van der Waals surface area contributed by atoms with E-state index in [1.54, 1.807) is 7.11 Å². The molecule has 1 aliphatic heterocycles. The molecule has 200 valence electrons. The van der Waals surface area contributed by atoms with E-state index in [0.717, 1.165) is 74.9 Å². The molecule has 0 bridgehead atoms. The van der Waals surface area contributed by atoms with Gasteiger partial charge in [0, 0.05) is 39.0 Å². The van der Waals surface area contributed by atoms with Gasteiger partial charge in [0.2, 0.25) is 0 Å². The molecule has 0 unspecified atom stereocenters. The van der Waals surface area contributed by atoms with Crippen LogP contribution in [0.2, 0.25) is 0 Å². The van der Waals surface area contributed by atoms with Gasteiger partial charge in [0.1, 0.15) is 30.4 Å². The third-order valence-corrected chi connectivity index (χ3v) is 7.29. The van der Waals surface area contributed by atoms with Crippen molar-refractivity contribution in [2.75, 3.05) is 40.5 Å². The Morgan fingerprint density at radius 2 is 1.81 bits per heavy atom. The number of aromatic nitrogens is 2. The quantitative estimate of drug-likeness (QED) is 0.332. The van der Waals surface area contributed by atoms with Gasteiger partial charge in [0.05, 0.1) is 13.7 Å². The fraction of sp³-hybridized carbons (Fsp3) is 0.500. The van der Waals surface area contributed by atoms with E-state index in [-0.39, 0.29) is 5.60 Å². The molecule has 1 saturated heterocycles. The smallest absolute Gasteiger partial charge is 0.161 e. The van der Waals surface area contributed by atoms with Crippen LogP contribution in [0.25, 0.3) is 0 Å². The van der Waals surface area contributed by atoms with Crippen LogP contribution in [0.3, 0.4) is 0 Å². The van der Waals surface area contributed by atoms with Gasteiger partial charge in [-0.05, 0) is 62.6 Å². The van der Waals surface area contributed by atoms with Gasteiger partial charge in [-0.1, -0.05) is 30.7 Å². The highest BCUT2D eigenvalue weighted by Gasteiger charge is 2.33. The molecule has 0 N–H and O–H groups in total. The Labute approximate surface area is 221 Å². The molecule has 0 spiro atoms. The Morgan fingerprint density at radius 1 is 0.973 bits per heavy atom. The van der Waals surface area contributed by atoms with Crippen molar-refractivity contribution >= 4 is 0 Å². The lowest BCUT2D eigenvalue weighted by atomic mass is 9.95. The highest BCUT2D eigenvalue weighted by Crippen LogP contribution is 2.31. The first kappa shape index (κ1) is 27.0. The van der Waals surface area contributed by atoms with Crippen LogP contribution >= 0.6 is 0 Å². The molecule has 1 aliphatic rings. The minimum absolute atomic E-state index is 0.265. The van der Waals surface area contributed by atoms with Crippen LogP contribution in [0.4, 0.5) is 0 Å². The maximum absolute atomic E-state index is 6.16. The number of imidazole rings is 1. The van der Waals surface area contributed by atoms with Crippen molar-refractivity contribution in [1.82, 2.24) is 14.5 Å². The van der Waals surface area contributed by atoms with Crippen molar-refractivity contribution in [3.05, 3.63) is 71.8 Å². The van der Waals surface area contributed by atoms with E-state index in [1.165, 1.54) is 11.1 Å². The Bertz CT molecular complexity index is 1110. The molecule has 1 fully saturated rings. The first-order chi connectivity index (χ1) is 18.0. The molecule has 2 heterocycles. The van der Waals surface area contributed by atoms with Crippen molar-refractivity contribution in [2.45, 2.75) is 58.2 Å². The first-order valence-corrected chi connectivity index (χ1v) is 13.3. The molecule has 0 radical (unpaired) electrons. The summed E-state index contributed by atoms with van der Waals surface area (Å²) < 4.78 is 26.1. The van der Waals surface area contributed by atoms with Crippen molar-refractivity contribution < 1.29 is 18.9 Å². The maximum Gasteiger partial charge on any atom is 0.161 e. The van der Waals surface area contributed by atoms with Crippen LogP contribution in [0, 0.1) is 6.92 Å². The number of methoxy groups -OCH3 is 2. The van der Waals surface area contributed by atoms with Crippen molar-refractivity contribution in [3.8, 4) is 17.2 Å². The minimum atomic E-state index is -0.265. The molecule has 1 atom stereocenters. The average molecular weight is 508 g/mol. The molecule has 0 amide bonds. The van der Waals surface area contributed by atoms with Gasteiger partial charge in [-0.15, -0.1) is 0 Å². The highest BCUT2D eigenvalue weighted by molar-refractivity contribution is 5.43. The van der Waals surface area contributed by atoms with Crippen molar-refractivity contribution in [3.63, 3.8) is 0 Å². The summed E-state index contributed by atoms with van der Waals surface area (Å²) in [6.45, 7) is 8.92. The number of aryl methyl sites for hydroxylation is 2. The summed E-state index contributed by atoms with van der Waals surface area (Å²) in [7, 11) is 3.50. The highest BCUT2D eigenvalue weighted by atomic mass is 16.5. The molecular formula is C30H41N3O4. The van der Waals surface area contributed by atoms with Crippen molar-refractivity contribution in [2.24, 2.45) is 0 Å². The number of hydrogen-bond donors (Lipinski definition) is 0. The van der Waals surface area contributed by atoms with Crippen LogP contribution in [-0.4, -0.2) is 60.6 Å². The summed E-state index contributed by atoms with van der Waals surface area (Å²) in [4.78, 5) is 6.88. The van der Waals surface area contributed by atoms with E-state index in [0.29, 0.717) is 13.2 Å². The zero-order valence-corrected chi connectivity index (χ0v) is 22.7. The number of ether oxygens (including phenoxy) is 4. The molecule has 3 aromatic rings. The molecular weight excluding hydrogens is 466 g/mol. The summed E-state index contributed by atoms with van der Waals surface area (Å²) in [5, 5.41) is 0. The molecule has 4 rings (SSSR count). The van der Waals surface area contributed by atoms with E-state index in [9.17, 15) is 0 Å². The predicted molar refractivity (Wildman–Crippen MR) is 146 cm³/mol. The zero-order valence-electron chi connectivity index (χ0n) is 22.7. The Balaban J connectivity index is 1.33. The number of rotatable bonds is 12. The summed E-state index contributed by atoms with van der Waals surface area (Å²) in [6, 6.07) is 14.5. The lowest BCUT2D eigenvalue weighted by Crippen LogP contribution is -2.39. The van der Waals surface area contributed by atoms with Crippen LogP contribution in [0.1, 0.15) is 43.1 Å². The molecule has 7 heteroatoms. The fourth-order valence-electron chi connectivity index (χ4n) is 4.94. The first-order valence-electron chi connectivity index (χ1n) is 13.3. The summed E-state index contributed by atoms with van der Waals surface area (Å²) >= 11 is 0. The lowest BCUT2D eigenvalue weighted by Gasteiger charge is -2.31. The van der Waals surface area contributed by atoms with Crippen LogP contribution in [0.5, 0.6) is 17.2 Å². The normalized spacial score (nSPS) is 18.4. The maximum atomic E-state index is 6.16. The lowest BCUT2D eigenvalue weighted by molar-refractivity contribution is -0.0541. The molecule has 0 aliphatic carbocycles. The molecule has 7 nitrogen and oxygen atoms in total. The summed E-state index contributed by atoms with van der Waals surface area (Å²) in [5.41, 5.74) is 2.18. The summed E-state index contributed by atoms with van der Waals surface area (Å²) in [6.07, 6.45) is 7.73. The van der Waals surface area contributed by atoms with Gasteiger partial charge in [0.25, 0.3) is 0 Å². The van der Waals surface area contributed by atoms with Gasteiger partial charge in [-0.25, -0.2) is 4.98 Å². The van der Waals surface area contributed by atoms with Gasteiger partial charge in [0.15, 0.2) is 11.5 Å². The number of hydrogen-bond acceptors (Lipinski definition) is 6. The third-order valence-electron chi connectivity index (χ3n) is 7.29. The van der Waals surface area contributed by atoms with E-state index in [1.807, 2.05) is 37.7 Å². The van der Waals surface area contributed by atoms with Gasteiger partial charge >= 0.3 is 0 Å². The molecule has 37 heavy (non-hydrogen) atoms. The molecule has 1 aromatic heterocycles. The van der Waals surface area contributed by atoms with Gasteiger partial charge in [-0.3, -0.25) is 4.90 Å².